The Kier molecular flexibility index (Phi) is 20.1. The quantitative estimate of drug-likeness (QED) is 0.0150. The van der Waals surface area contributed by atoms with E-state index in [0.29, 0.717) is 39.9 Å². The number of thioether (sulfide) groups is 2. The van der Waals surface area contributed by atoms with E-state index in [-0.39, 0.29) is 56.8 Å². The van der Waals surface area contributed by atoms with Crippen molar-refractivity contribution in [2.24, 2.45) is 10.2 Å². The second kappa shape index (κ2) is 25.3. The molecule has 290 valence electrons. The van der Waals surface area contributed by atoms with Crippen molar-refractivity contribution < 1.29 is 47.9 Å². The minimum Gasteiger partial charge on any atom is -0.493 e. The molecule has 0 saturated heterocycles. The highest BCUT2D eigenvalue weighted by Crippen LogP contribution is 2.37. The summed E-state index contributed by atoms with van der Waals surface area (Å²) in [6.07, 6.45) is 0. The molecule has 0 unspecified atom stereocenters. The van der Waals surface area contributed by atoms with Gasteiger partial charge < -0.3 is 38.3 Å². The number of hydrogen-bond acceptors (Lipinski definition) is 13. The number of rotatable bonds is 22. The molecular weight excluding hydrogens is 753 g/mol. The Morgan fingerprint density at radius 2 is 1.04 bits per heavy atom. The number of aromatic carboxylic acids is 1. The predicted molar refractivity (Wildman–Crippen MR) is 207 cm³/mol. The maximum Gasteiger partial charge on any atom is 0.342 e. The van der Waals surface area contributed by atoms with Crippen molar-refractivity contribution in [2.75, 3.05) is 61.2 Å². The van der Waals surface area contributed by atoms with Gasteiger partial charge in [0.2, 0.25) is 0 Å². The van der Waals surface area contributed by atoms with Gasteiger partial charge in [-0.25, -0.2) is 9.59 Å². The first-order valence-electron chi connectivity index (χ1n) is 16.4. The number of ether oxygens (including phenoxy) is 7. The van der Waals surface area contributed by atoms with E-state index in [1.54, 1.807) is 30.0 Å². The minimum absolute atomic E-state index is 0.00759. The molecule has 0 aromatic heterocycles. The fraction of sp³-hybridized carbons (Fsp3) is 0.297. The lowest BCUT2D eigenvalue weighted by Gasteiger charge is -2.18. The van der Waals surface area contributed by atoms with E-state index in [1.807, 2.05) is 60.7 Å². The van der Waals surface area contributed by atoms with E-state index in [0.717, 1.165) is 9.79 Å². The molecule has 0 fully saturated rings. The largest absolute Gasteiger partial charge is 0.493 e. The number of benzene rings is 4. The molecule has 1 N–H and O–H groups in total. The van der Waals surface area contributed by atoms with Crippen LogP contribution in [0.25, 0.3) is 20.9 Å². The summed E-state index contributed by atoms with van der Waals surface area (Å²) in [4.78, 5) is 31.8. The van der Waals surface area contributed by atoms with Gasteiger partial charge in [-0.05, 0) is 59.6 Å². The summed E-state index contributed by atoms with van der Waals surface area (Å²) in [7, 11) is 4.27. The second-order valence-corrected chi connectivity index (χ2v) is 12.6. The first kappa shape index (κ1) is 43.7. The molecule has 0 aliphatic rings. The first-order chi connectivity index (χ1) is 26.9. The maximum atomic E-state index is 12.5. The average Bonchev–Trinajstić information content (AvgIpc) is 3.21. The molecule has 4 rings (SSSR count). The normalized spacial score (nSPS) is 10.1. The number of carboxylic acid groups (broad SMARTS) is 1. The summed E-state index contributed by atoms with van der Waals surface area (Å²) in [5, 5.41) is 16.6. The lowest BCUT2D eigenvalue weighted by Crippen LogP contribution is -2.12. The zero-order chi connectivity index (χ0) is 39.7. The summed E-state index contributed by atoms with van der Waals surface area (Å²) >= 11 is 3.03. The lowest BCUT2D eigenvalue weighted by atomic mass is 10.1. The third kappa shape index (κ3) is 14.5. The van der Waals surface area contributed by atoms with Crippen LogP contribution >= 0.6 is 23.5 Å². The fourth-order valence-corrected chi connectivity index (χ4v) is 6.54. The van der Waals surface area contributed by atoms with Gasteiger partial charge in [-0.1, -0.05) is 46.6 Å². The minimum atomic E-state index is -1.12. The highest BCUT2D eigenvalue weighted by Gasteiger charge is 2.24. The Morgan fingerprint density at radius 1 is 0.618 bits per heavy atom. The third-order valence-corrected chi connectivity index (χ3v) is 9.09. The highest BCUT2D eigenvalue weighted by molar-refractivity contribution is 7.98. The third-order valence-electron chi connectivity index (χ3n) is 7.01. The van der Waals surface area contributed by atoms with Crippen molar-refractivity contribution in [1.82, 2.24) is 0 Å². The molecule has 4 aromatic rings. The standard InChI is InChI=1S/C19H21N3O5S.C18H19N3O5S/c1-24-13-27-17-9-8-16(26-11-10-21-22-20)15(18(17)19(23)25-2)12-28-14-6-4-3-5-7-14;1-24-12-26-16-8-7-15(25-10-9-20-21-19)14(17(16)18(22)23)11-27-13-5-3-2-4-6-13/h3-9H,10-13H2,1-2H3;2-8H,9-12H2,1H3,(H,22,23). The Morgan fingerprint density at radius 3 is 1.44 bits per heavy atom. The van der Waals surface area contributed by atoms with Crippen molar-refractivity contribution in [3.05, 3.63) is 128 Å². The van der Waals surface area contributed by atoms with Gasteiger partial charge in [0, 0.05) is 56.5 Å². The van der Waals surface area contributed by atoms with E-state index in [1.165, 1.54) is 39.2 Å². The van der Waals surface area contributed by atoms with Crippen LogP contribution in [0.4, 0.5) is 0 Å². The molecule has 0 saturated carbocycles. The summed E-state index contributed by atoms with van der Waals surface area (Å²) < 4.78 is 37.1. The van der Waals surface area contributed by atoms with Crippen LogP contribution in [0.3, 0.4) is 0 Å². The Labute approximate surface area is 326 Å². The fourth-order valence-electron chi connectivity index (χ4n) is 4.64. The van der Waals surface area contributed by atoms with Crippen molar-refractivity contribution in [2.45, 2.75) is 21.3 Å². The number of carbonyl (C=O) groups excluding carboxylic acids is 1. The molecule has 0 atom stereocenters. The van der Waals surface area contributed by atoms with Gasteiger partial charge in [0.25, 0.3) is 0 Å². The Bertz CT molecular complexity index is 1910. The number of azide groups is 2. The zero-order valence-electron chi connectivity index (χ0n) is 30.4. The van der Waals surface area contributed by atoms with Gasteiger partial charge in [0.1, 0.15) is 34.1 Å². The molecule has 4 aromatic carbocycles. The first-order valence-corrected chi connectivity index (χ1v) is 18.3. The average molecular weight is 793 g/mol. The van der Waals surface area contributed by atoms with Crippen LogP contribution in [-0.2, 0) is 25.7 Å². The van der Waals surface area contributed by atoms with E-state index >= 15 is 0 Å². The molecule has 55 heavy (non-hydrogen) atoms. The number of methoxy groups -OCH3 is 3. The molecule has 0 spiro atoms. The van der Waals surface area contributed by atoms with Gasteiger partial charge in [0.15, 0.2) is 13.6 Å². The SMILES string of the molecule is COCOc1ccc(OCCN=[N+]=[N-])c(CSc2ccccc2)c1C(=O)O.COCOc1ccc(OCCN=[N+]=[N-])c(CSc2ccccc2)c1C(=O)OC. The Balaban J connectivity index is 0.000000296. The van der Waals surface area contributed by atoms with Crippen LogP contribution in [0, 0.1) is 0 Å². The summed E-state index contributed by atoms with van der Waals surface area (Å²) in [6.45, 7) is 0.578. The number of esters is 1. The van der Waals surface area contributed by atoms with Crippen molar-refractivity contribution >= 4 is 35.5 Å². The molecule has 16 nitrogen and oxygen atoms in total. The number of hydrogen-bond donors (Lipinski definition) is 1. The zero-order valence-corrected chi connectivity index (χ0v) is 32.0. The molecule has 0 amide bonds. The molecule has 0 aliphatic carbocycles. The van der Waals surface area contributed by atoms with Gasteiger partial charge in [-0.2, -0.15) is 0 Å². The van der Waals surface area contributed by atoms with E-state index in [9.17, 15) is 14.7 Å². The van der Waals surface area contributed by atoms with Crippen LogP contribution in [0.15, 0.2) is 105 Å². The number of nitrogens with zero attached hydrogens (tertiary/aromatic N) is 6. The molecule has 0 heterocycles. The lowest BCUT2D eigenvalue weighted by molar-refractivity contribution is 0.0461. The van der Waals surface area contributed by atoms with Crippen molar-refractivity contribution in [1.29, 1.82) is 0 Å². The molecular formula is C37H40N6O10S2. The van der Waals surface area contributed by atoms with E-state index < -0.39 is 11.9 Å². The van der Waals surface area contributed by atoms with Crippen molar-refractivity contribution in [3.8, 4) is 23.0 Å². The summed E-state index contributed by atoms with van der Waals surface area (Å²) in [5.41, 5.74) is 18.2. The number of carbonyl (C=O) groups is 2. The van der Waals surface area contributed by atoms with Crippen molar-refractivity contribution in [3.63, 3.8) is 0 Å². The second-order valence-electron chi connectivity index (χ2n) is 10.5. The molecule has 0 radical (unpaired) electrons. The molecule has 0 bridgehead atoms. The smallest absolute Gasteiger partial charge is 0.342 e. The van der Waals surface area contributed by atoms with Gasteiger partial charge in [-0.15, -0.1) is 23.5 Å². The monoisotopic (exact) mass is 792 g/mol. The van der Waals surface area contributed by atoms with E-state index in [2.05, 4.69) is 20.1 Å². The molecule has 18 heteroatoms. The van der Waals surface area contributed by atoms with Crippen LogP contribution in [-0.4, -0.2) is 78.3 Å². The summed E-state index contributed by atoms with van der Waals surface area (Å²) in [5.74, 6) is 0.633. The molecule has 0 aliphatic heterocycles. The highest BCUT2D eigenvalue weighted by atomic mass is 32.2. The van der Waals surface area contributed by atoms with E-state index in [4.69, 9.17) is 44.2 Å². The van der Waals surface area contributed by atoms with Crippen LogP contribution in [0.1, 0.15) is 31.8 Å². The van der Waals surface area contributed by atoms with Crippen LogP contribution in [0.5, 0.6) is 23.0 Å². The Hall–Kier alpha value is -5.74. The van der Waals surface area contributed by atoms with Crippen LogP contribution < -0.4 is 18.9 Å². The van der Waals surface area contributed by atoms with Gasteiger partial charge in [0.05, 0.1) is 33.4 Å². The number of carboxylic acids is 1. The summed E-state index contributed by atoms with van der Waals surface area (Å²) in [6, 6.07) is 25.9. The van der Waals surface area contributed by atoms with Crippen LogP contribution in [0.2, 0.25) is 0 Å². The predicted octanol–water partition coefficient (Wildman–Crippen LogP) is 8.79. The van der Waals surface area contributed by atoms with Gasteiger partial charge in [-0.3, -0.25) is 0 Å². The van der Waals surface area contributed by atoms with Gasteiger partial charge >= 0.3 is 11.9 Å². The topological polar surface area (TPSA) is 216 Å². The maximum absolute atomic E-state index is 12.5.